The van der Waals surface area contributed by atoms with Crippen LogP contribution in [-0.2, 0) is 4.43 Å². The molecule has 1 rings (SSSR count). The molecule has 0 heterocycles. The number of allylic oxidation sites excluding steroid dienone is 2. The van der Waals surface area contributed by atoms with Crippen molar-refractivity contribution in [3.05, 3.63) is 48.6 Å². The van der Waals surface area contributed by atoms with Crippen LogP contribution < -0.4 is 9.47 Å². The van der Waals surface area contributed by atoms with Crippen molar-refractivity contribution in [2.24, 2.45) is 5.92 Å². The van der Waals surface area contributed by atoms with E-state index in [9.17, 15) is 0 Å². The molecule has 0 saturated heterocycles. The third kappa shape index (κ3) is 7.24. The summed E-state index contributed by atoms with van der Waals surface area (Å²) in [6.07, 6.45) is 9.28. The minimum Gasteiger partial charge on any atom is -0.496 e. The van der Waals surface area contributed by atoms with Gasteiger partial charge in [0.15, 0.2) is 8.32 Å². The van der Waals surface area contributed by atoms with Gasteiger partial charge in [0, 0.05) is 5.56 Å². The van der Waals surface area contributed by atoms with Gasteiger partial charge in [0.25, 0.3) is 0 Å². The number of ether oxygens (including phenoxy) is 2. The van der Waals surface area contributed by atoms with Gasteiger partial charge < -0.3 is 13.9 Å². The van der Waals surface area contributed by atoms with Crippen molar-refractivity contribution in [3.8, 4) is 11.5 Å². The smallest absolute Gasteiger partial charge is 0.192 e. The van der Waals surface area contributed by atoms with E-state index in [1.807, 2.05) is 12.2 Å². The largest absolute Gasteiger partial charge is 0.496 e. The average Bonchev–Trinajstić information content (AvgIpc) is 2.82. The number of hydrogen-bond acceptors (Lipinski definition) is 3. The third-order valence-corrected chi connectivity index (χ3v) is 11.6. The van der Waals surface area contributed by atoms with Crippen LogP contribution in [0, 0.1) is 5.92 Å². The van der Waals surface area contributed by atoms with E-state index >= 15 is 0 Å². The van der Waals surface area contributed by atoms with Gasteiger partial charge in [0.1, 0.15) is 11.5 Å². The van der Waals surface area contributed by atoms with Crippen LogP contribution in [0.15, 0.2) is 37.4 Å². The van der Waals surface area contributed by atoms with Crippen molar-refractivity contribution in [1.82, 2.24) is 0 Å². The summed E-state index contributed by atoms with van der Waals surface area (Å²) < 4.78 is 19.0. The summed E-state index contributed by atoms with van der Waals surface area (Å²) in [4.78, 5) is 0. The molecule has 0 amide bonds. The van der Waals surface area contributed by atoms with Crippen molar-refractivity contribution < 1.29 is 13.9 Å². The predicted octanol–water partition coefficient (Wildman–Crippen LogP) is 8.83. The molecule has 0 spiro atoms. The zero-order valence-electron chi connectivity index (χ0n) is 21.8. The summed E-state index contributed by atoms with van der Waals surface area (Å²) in [6.45, 7) is 19.3. The average molecular weight is 461 g/mol. The first-order valence-corrected chi connectivity index (χ1v) is 15.1. The maximum atomic E-state index is 7.06. The highest BCUT2D eigenvalue weighted by atomic mass is 28.4. The molecule has 0 unspecified atom stereocenters. The van der Waals surface area contributed by atoms with Crippen LogP contribution in [0.25, 0.3) is 0 Å². The van der Waals surface area contributed by atoms with E-state index in [0.29, 0.717) is 11.8 Å². The Kier molecular flexibility index (Phi) is 13.0. The lowest BCUT2D eigenvalue weighted by atomic mass is 9.86. The van der Waals surface area contributed by atoms with E-state index in [4.69, 9.17) is 13.9 Å². The first kappa shape index (κ1) is 28.5. The molecule has 0 fully saturated rings. The van der Waals surface area contributed by atoms with Crippen LogP contribution in [0.3, 0.4) is 0 Å². The number of methoxy groups -OCH3 is 2. The molecule has 1 aromatic rings. The molecular weight excluding hydrogens is 412 g/mol. The molecule has 182 valence electrons. The van der Waals surface area contributed by atoms with Crippen molar-refractivity contribution in [2.45, 2.75) is 96.9 Å². The van der Waals surface area contributed by atoms with Crippen LogP contribution >= 0.6 is 0 Å². The summed E-state index contributed by atoms with van der Waals surface area (Å²) in [7, 11) is 1.72. The molecule has 0 aliphatic rings. The van der Waals surface area contributed by atoms with Gasteiger partial charge in [-0.25, -0.2) is 0 Å². The Balaban J connectivity index is 3.60. The SMILES string of the molecule is C=CC[C@H](CCCC)c1c(OC)cc([C@H](O[Si](CC)(CC)CC)[C@@H](C)CC=C)cc1OC. The Morgan fingerprint density at radius 3 is 1.84 bits per heavy atom. The molecule has 1 aromatic carbocycles. The molecule has 0 saturated carbocycles. The van der Waals surface area contributed by atoms with E-state index in [1.54, 1.807) is 14.2 Å². The lowest BCUT2D eigenvalue weighted by molar-refractivity contribution is 0.131. The Hall–Kier alpha value is -1.52. The lowest BCUT2D eigenvalue weighted by Gasteiger charge is -2.37. The summed E-state index contributed by atoms with van der Waals surface area (Å²) in [5.74, 6) is 2.47. The maximum Gasteiger partial charge on any atom is 0.192 e. The molecule has 0 aliphatic heterocycles. The lowest BCUT2D eigenvalue weighted by Crippen LogP contribution is -2.38. The first-order chi connectivity index (χ1) is 15.4. The van der Waals surface area contributed by atoms with Gasteiger partial charge >= 0.3 is 0 Å². The van der Waals surface area contributed by atoms with Crippen LogP contribution in [0.4, 0.5) is 0 Å². The van der Waals surface area contributed by atoms with Crippen LogP contribution in [0.5, 0.6) is 11.5 Å². The second-order valence-corrected chi connectivity index (χ2v) is 13.7. The van der Waals surface area contributed by atoms with Gasteiger partial charge in [-0.3, -0.25) is 0 Å². The van der Waals surface area contributed by atoms with Gasteiger partial charge in [0.2, 0.25) is 0 Å². The third-order valence-electron chi connectivity index (χ3n) is 7.03. The van der Waals surface area contributed by atoms with E-state index in [0.717, 1.165) is 60.0 Å². The molecule has 3 nitrogen and oxygen atoms in total. The topological polar surface area (TPSA) is 27.7 Å². The van der Waals surface area contributed by atoms with Crippen LogP contribution in [0.2, 0.25) is 18.1 Å². The Bertz CT molecular complexity index is 663. The Morgan fingerprint density at radius 2 is 1.44 bits per heavy atom. The number of benzene rings is 1. The van der Waals surface area contributed by atoms with E-state index in [2.05, 4.69) is 59.9 Å². The fourth-order valence-electron chi connectivity index (χ4n) is 4.73. The minimum absolute atomic E-state index is 0.00450. The summed E-state index contributed by atoms with van der Waals surface area (Å²) >= 11 is 0. The van der Waals surface area contributed by atoms with Crippen molar-refractivity contribution in [2.75, 3.05) is 14.2 Å². The Labute approximate surface area is 199 Å². The van der Waals surface area contributed by atoms with E-state index < -0.39 is 8.32 Å². The van der Waals surface area contributed by atoms with Gasteiger partial charge in [-0.15, -0.1) is 13.2 Å². The fourth-order valence-corrected chi connectivity index (χ4v) is 7.63. The highest BCUT2D eigenvalue weighted by molar-refractivity contribution is 6.73. The Morgan fingerprint density at radius 1 is 0.906 bits per heavy atom. The summed E-state index contributed by atoms with van der Waals surface area (Å²) in [5.41, 5.74) is 2.31. The second-order valence-electron chi connectivity index (χ2n) is 8.99. The van der Waals surface area contributed by atoms with E-state index in [1.165, 1.54) is 12.8 Å². The number of rotatable bonds is 17. The summed E-state index contributed by atoms with van der Waals surface area (Å²) in [5, 5.41) is 0. The molecule has 32 heavy (non-hydrogen) atoms. The zero-order valence-corrected chi connectivity index (χ0v) is 22.8. The molecule has 0 aliphatic carbocycles. The van der Waals surface area contributed by atoms with E-state index in [-0.39, 0.29) is 6.10 Å². The molecule has 0 N–H and O–H groups in total. The zero-order chi connectivity index (χ0) is 24.1. The number of unbranched alkanes of at least 4 members (excludes halogenated alkanes) is 1. The maximum absolute atomic E-state index is 7.06. The highest BCUT2D eigenvalue weighted by Crippen LogP contribution is 2.44. The molecule has 0 aromatic heterocycles. The van der Waals surface area contributed by atoms with Gasteiger partial charge in [-0.2, -0.15) is 0 Å². The summed E-state index contributed by atoms with van der Waals surface area (Å²) in [6, 6.07) is 7.78. The van der Waals surface area contributed by atoms with Gasteiger partial charge in [0.05, 0.1) is 20.3 Å². The van der Waals surface area contributed by atoms with Gasteiger partial charge in [-0.1, -0.05) is 59.6 Å². The van der Waals surface area contributed by atoms with Crippen molar-refractivity contribution in [3.63, 3.8) is 0 Å². The molecule has 3 atom stereocenters. The first-order valence-electron chi connectivity index (χ1n) is 12.6. The number of hydrogen-bond donors (Lipinski definition) is 0. The standard InChI is InChI=1S/C28H48O3Si/c1-10-16-19-23(18-12-3)27-25(29-8)20-24(21-26(27)30-9)28(22(7)17-11-2)31-32(13-4,14-5)15-6/h11-12,20-23,28H,2-3,10,13-19H2,1,4-9H3/t22-,23+,28+/m0/s1. The van der Waals surface area contributed by atoms with Crippen LogP contribution in [-0.4, -0.2) is 22.5 Å². The highest BCUT2D eigenvalue weighted by Gasteiger charge is 2.35. The minimum atomic E-state index is -1.81. The molecular formula is C28H48O3Si. The van der Waals surface area contributed by atoms with Crippen molar-refractivity contribution in [1.29, 1.82) is 0 Å². The fraction of sp³-hybridized carbons (Fsp3) is 0.643. The second kappa shape index (κ2) is 14.6. The normalized spacial score (nSPS) is 14.5. The quantitative estimate of drug-likeness (QED) is 0.172. The van der Waals surface area contributed by atoms with Crippen LogP contribution in [0.1, 0.15) is 89.9 Å². The monoisotopic (exact) mass is 460 g/mol. The molecule has 4 heteroatoms. The van der Waals surface area contributed by atoms with Crippen molar-refractivity contribution >= 4 is 8.32 Å². The van der Waals surface area contributed by atoms with Gasteiger partial charge in [-0.05, 0) is 66.9 Å². The molecule has 0 radical (unpaired) electrons. The predicted molar refractivity (Wildman–Crippen MR) is 142 cm³/mol. The molecule has 0 bridgehead atoms.